The van der Waals surface area contributed by atoms with Crippen molar-refractivity contribution in [1.82, 2.24) is 9.97 Å². The summed E-state index contributed by atoms with van der Waals surface area (Å²) in [6.45, 7) is 4.60. The topological polar surface area (TPSA) is 73.1 Å². The number of aryl methyl sites for hydroxylation is 1. The van der Waals surface area contributed by atoms with Gasteiger partial charge in [-0.1, -0.05) is 6.92 Å². The van der Waals surface area contributed by atoms with E-state index in [9.17, 15) is 0 Å². The third-order valence-corrected chi connectivity index (χ3v) is 2.63. The third kappa shape index (κ3) is 2.99. The molecule has 2 rings (SSSR count). The van der Waals surface area contributed by atoms with Crippen molar-refractivity contribution in [3.05, 3.63) is 5.82 Å². The first-order valence-electron chi connectivity index (χ1n) is 6.30. The number of nitrogens with zero attached hydrogens (tertiary/aromatic N) is 2. The van der Waals surface area contributed by atoms with Gasteiger partial charge in [0.1, 0.15) is 11.5 Å². The van der Waals surface area contributed by atoms with Gasteiger partial charge < -0.3 is 15.8 Å². The average Bonchev–Trinajstić information content (AvgIpc) is 3.09. The fourth-order valence-electron chi connectivity index (χ4n) is 1.61. The summed E-state index contributed by atoms with van der Waals surface area (Å²) >= 11 is 0. The quantitative estimate of drug-likeness (QED) is 0.790. The highest BCUT2D eigenvalue weighted by atomic mass is 16.5. The van der Waals surface area contributed by atoms with Gasteiger partial charge in [-0.15, -0.1) is 0 Å². The fourth-order valence-corrected chi connectivity index (χ4v) is 1.61. The second-order valence-electron chi connectivity index (χ2n) is 4.31. The largest absolute Gasteiger partial charge is 0.476 e. The lowest BCUT2D eigenvalue weighted by Crippen LogP contribution is -2.11. The van der Waals surface area contributed by atoms with Gasteiger partial charge in [0.25, 0.3) is 0 Å². The molecule has 17 heavy (non-hydrogen) atoms. The number of nitrogen functional groups attached to an aromatic ring is 1. The molecule has 0 spiro atoms. The van der Waals surface area contributed by atoms with E-state index in [1.165, 1.54) is 12.8 Å². The molecule has 0 amide bonds. The Bertz CT molecular complexity index is 390. The van der Waals surface area contributed by atoms with Crippen molar-refractivity contribution in [1.29, 1.82) is 0 Å². The van der Waals surface area contributed by atoms with Crippen molar-refractivity contribution in [2.75, 3.05) is 17.7 Å². The predicted molar refractivity (Wildman–Crippen MR) is 68.3 cm³/mol. The summed E-state index contributed by atoms with van der Waals surface area (Å²) in [7, 11) is 0. The molecule has 0 radical (unpaired) electrons. The molecule has 1 saturated carbocycles. The van der Waals surface area contributed by atoms with Crippen LogP contribution in [0.5, 0.6) is 5.88 Å². The van der Waals surface area contributed by atoms with Crippen LogP contribution in [0.1, 0.15) is 38.9 Å². The first kappa shape index (κ1) is 12.0. The van der Waals surface area contributed by atoms with Gasteiger partial charge in [0, 0.05) is 12.5 Å². The van der Waals surface area contributed by atoms with E-state index in [0.717, 1.165) is 24.5 Å². The van der Waals surface area contributed by atoms with Crippen LogP contribution in [0.4, 0.5) is 11.5 Å². The van der Waals surface area contributed by atoms with Crippen LogP contribution in [0, 0.1) is 0 Å². The molecule has 0 bridgehead atoms. The van der Waals surface area contributed by atoms with E-state index in [4.69, 9.17) is 10.5 Å². The lowest BCUT2D eigenvalue weighted by molar-refractivity contribution is 0.327. The number of ether oxygens (including phenoxy) is 1. The molecular formula is C12H20N4O. The van der Waals surface area contributed by atoms with E-state index < -0.39 is 0 Å². The molecule has 1 aromatic heterocycles. The first-order valence-corrected chi connectivity index (χ1v) is 6.30. The van der Waals surface area contributed by atoms with Gasteiger partial charge in [0.2, 0.25) is 5.88 Å². The normalized spacial score (nSPS) is 14.7. The van der Waals surface area contributed by atoms with Crippen molar-refractivity contribution in [3.8, 4) is 5.88 Å². The van der Waals surface area contributed by atoms with Crippen LogP contribution in [0.3, 0.4) is 0 Å². The fraction of sp³-hybridized carbons (Fsp3) is 0.667. The predicted octanol–water partition coefficient (Wildman–Crippen LogP) is 1.98. The summed E-state index contributed by atoms with van der Waals surface area (Å²) in [5, 5.41) is 3.33. The van der Waals surface area contributed by atoms with Gasteiger partial charge in [-0.3, -0.25) is 0 Å². The molecule has 0 aliphatic heterocycles. The van der Waals surface area contributed by atoms with Crippen LogP contribution in [-0.2, 0) is 6.42 Å². The highest BCUT2D eigenvalue weighted by molar-refractivity contribution is 5.67. The smallest absolute Gasteiger partial charge is 0.242 e. The van der Waals surface area contributed by atoms with Crippen molar-refractivity contribution in [3.63, 3.8) is 0 Å². The number of nitrogens with one attached hydrogen (secondary N) is 1. The Kier molecular flexibility index (Phi) is 3.66. The van der Waals surface area contributed by atoms with Crippen LogP contribution in [0.15, 0.2) is 0 Å². The van der Waals surface area contributed by atoms with Crippen molar-refractivity contribution < 1.29 is 4.74 Å². The van der Waals surface area contributed by atoms with Crippen LogP contribution < -0.4 is 15.8 Å². The number of nitrogens with two attached hydrogens (primary N) is 1. The van der Waals surface area contributed by atoms with E-state index in [2.05, 4.69) is 22.2 Å². The Labute approximate surface area is 102 Å². The summed E-state index contributed by atoms with van der Waals surface area (Å²) in [6, 6.07) is 0.524. The molecule has 5 heteroatoms. The Morgan fingerprint density at radius 2 is 2.12 bits per heavy atom. The molecule has 0 atom stereocenters. The second-order valence-corrected chi connectivity index (χ2v) is 4.31. The van der Waals surface area contributed by atoms with Crippen molar-refractivity contribution in [2.45, 2.75) is 45.6 Å². The molecule has 1 aliphatic carbocycles. The third-order valence-electron chi connectivity index (χ3n) is 2.63. The molecule has 0 aromatic carbocycles. The van der Waals surface area contributed by atoms with Gasteiger partial charge in [-0.25, -0.2) is 4.98 Å². The van der Waals surface area contributed by atoms with Crippen LogP contribution in [0.2, 0.25) is 0 Å². The molecule has 0 unspecified atom stereocenters. The van der Waals surface area contributed by atoms with E-state index in [1.807, 2.05) is 6.92 Å². The number of anilines is 2. The van der Waals surface area contributed by atoms with Crippen LogP contribution >= 0.6 is 0 Å². The summed E-state index contributed by atoms with van der Waals surface area (Å²) in [5.74, 6) is 2.04. The minimum atomic E-state index is 0.508. The number of hydrogen-bond acceptors (Lipinski definition) is 5. The highest BCUT2D eigenvalue weighted by Gasteiger charge is 2.24. The number of hydrogen-bond donors (Lipinski definition) is 2. The Morgan fingerprint density at radius 1 is 1.35 bits per heavy atom. The number of rotatable bonds is 6. The molecule has 0 saturated heterocycles. The highest BCUT2D eigenvalue weighted by Crippen LogP contribution is 2.31. The van der Waals surface area contributed by atoms with Gasteiger partial charge in [-0.05, 0) is 26.2 Å². The van der Waals surface area contributed by atoms with Crippen LogP contribution in [-0.4, -0.2) is 22.6 Å². The van der Waals surface area contributed by atoms with Gasteiger partial charge in [0.05, 0.1) is 6.61 Å². The van der Waals surface area contributed by atoms with Crippen molar-refractivity contribution >= 4 is 11.5 Å². The summed E-state index contributed by atoms with van der Waals surface area (Å²) in [6.07, 6.45) is 4.24. The zero-order valence-electron chi connectivity index (χ0n) is 10.5. The van der Waals surface area contributed by atoms with E-state index in [1.54, 1.807) is 0 Å². The molecule has 1 aliphatic rings. The minimum Gasteiger partial charge on any atom is -0.476 e. The Hall–Kier alpha value is -1.52. The van der Waals surface area contributed by atoms with Gasteiger partial charge in [0.15, 0.2) is 5.82 Å². The zero-order chi connectivity index (χ0) is 12.3. The van der Waals surface area contributed by atoms with Crippen molar-refractivity contribution in [2.24, 2.45) is 0 Å². The maximum absolute atomic E-state index is 6.00. The van der Waals surface area contributed by atoms with E-state index in [0.29, 0.717) is 24.2 Å². The molecule has 1 aromatic rings. The average molecular weight is 236 g/mol. The summed E-state index contributed by atoms with van der Waals surface area (Å²) in [4.78, 5) is 8.80. The molecule has 3 N–H and O–H groups in total. The van der Waals surface area contributed by atoms with E-state index in [-0.39, 0.29) is 0 Å². The molecule has 5 nitrogen and oxygen atoms in total. The molecule has 94 valence electrons. The lowest BCUT2D eigenvalue weighted by atomic mass is 10.3. The van der Waals surface area contributed by atoms with Gasteiger partial charge >= 0.3 is 0 Å². The number of aromatic nitrogens is 2. The molecule has 1 heterocycles. The maximum Gasteiger partial charge on any atom is 0.242 e. The maximum atomic E-state index is 6.00. The molecular weight excluding hydrogens is 216 g/mol. The van der Waals surface area contributed by atoms with E-state index >= 15 is 0 Å². The lowest BCUT2D eigenvalue weighted by Gasteiger charge is -2.12. The SMILES string of the molecule is CCCc1nc(NC2CC2)c(N)c(OCC)n1. The van der Waals surface area contributed by atoms with Crippen LogP contribution in [0.25, 0.3) is 0 Å². The standard InChI is InChI=1S/C12H20N4O/c1-3-5-9-15-11(14-8-6-7-8)10(13)12(16-9)17-4-2/h8H,3-7,13H2,1-2H3,(H,14,15,16). The minimum absolute atomic E-state index is 0.508. The summed E-state index contributed by atoms with van der Waals surface area (Å²) < 4.78 is 5.45. The zero-order valence-corrected chi connectivity index (χ0v) is 10.5. The Morgan fingerprint density at radius 3 is 2.71 bits per heavy atom. The monoisotopic (exact) mass is 236 g/mol. The second kappa shape index (κ2) is 5.21. The Balaban J connectivity index is 2.26. The first-order chi connectivity index (χ1) is 8.24. The molecule has 1 fully saturated rings. The van der Waals surface area contributed by atoms with Gasteiger partial charge in [-0.2, -0.15) is 4.98 Å². The summed E-state index contributed by atoms with van der Waals surface area (Å²) in [5.41, 5.74) is 6.52.